The van der Waals surface area contributed by atoms with E-state index in [4.69, 9.17) is 0 Å². The third-order valence-electron chi connectivity index (χ3n) is 2.52. The van der Waals surface area contributed by atoms with Crippen molar-refractivity contribution in [1.29, 1.82) is 0 Å². The third-order valence-corrected chi connectivity index (χ3v) is 5.11. The van der Waals surface area contributed by atoms with Gasteiger partial charge in [0, 0.05) is 17.3 Å². The summed E-state index contributed by atoms with van der Waals surface area (Å²) in [6.45, 7) is 8.21. The molecule has 1 atom stereocenters. The largest absolute Gasteiger partial charge is 0.318 e. The minimum atomic E-state index is -3.37. The number of rotatable bonds is 5. The fourth-order valence-corrected chi connectivity index (χ4v) is 3.48. The van der Waals surface area contributed by atoms with E-state index in [0.29, 0.717) is 11.7 Å². The highest BCUT2D eigenvalue weighted by molar-refractivity contribution is 7.93. The normalized spacial score (nSPS) is 14.5. The standard InChI is InChI=1S/C11H21N3O2S2/c1-8(6-12-5)18(15,16)14-10-13-9(7-17-10)11(2,3)4/h7-8,12H,6H2,1-5H3,(H,13,14). The molecule has 0 amide bonds. The predicted octanol–water partition coefficient (Wildman–Crippen LogP) is 1.79. The van der Waals surface area contributed by atoms with Gasteiger partial charge in [-0.1, -0.05) is 20.8 Å². The molecule has 0 spiro atoms. The first kappa shape index (κ1) is 15.4. The summed E-state index contributed by atoms with van der Waals surface area (Å²) in [6, 6.07) is 0. The maximum absolute atomic E-state index is 12.0. The second-order valence-electron chi connectivity index (χ2n) is 5.30. The molecule has 0 saturated heterocycles. The van der Waals surface area contributed by atoms with Crippen molar-refractivity contribution >= 4 is 26.5 Å². The number of aromatic nitrogens is 1. The Balaban J connectivity index is 2.82. The van der Waals surface area contributed by atoms with Crippen LogP contribution < -0.4 is 10.0 Å². The lowest BCUT2D eigenvalue weighted by Gasteiger charge is -2.15. The highest BCUT2D eigenvalue weighted by atomic mass is 32.2. The van der Waals surface area contributed by atoms with E-state index >= 15 is 0 Å². The zero-order valence-electron chi connectivity index (χ0n) is 11.4. The van der Waals surface area contributed by atoms with Crippen LogP contribution in [0.4, 0.5) is 5.13 Å². The molecule has 0 aliphatic carbocycles. The highest BCUT2D eigenvalue weighted by Gasteiger charge is 2.23. The van der Waals surface area contributed by atoms with Gasteiger partial charge < -0.3 is 5.32 Å². The van der Waals surface area contributed by atoms with Crippen LogP contribution in [0.5, 0.6) is 0 Å². The third kappa shape index (κ3) is 3.93. The SMILES string of the molecule is CNCC(C)S(=O)(=O)Nc1nc(C(C)(C)C)cs1. The Morgan fingerprint density at radius 1 is 1.44 bits per heavy atom. The zero-order chi connectivity index (χ0) is 14.0. The summed E-state index contributed by atoms with van der Waals surface area (Å²) in [5.74, 6) is 0. The molecule has 7 heteroatoms. The van der Waals surface area contributed by atoms with Crippen LogP contribution in [0.15, 0.2) is 5.38 Å². The zero-order valence-corrected chi connectivity index (χ0v) is 13.1. The van der Waals surface area contributed by atoms with Gasteiger partial charge in [-0.2, -0.15) is 0 Å². The van der Waals surface area contributed by atoms with Crippen LogP contribution >= 0.6 is 11.3 Å². The Morgan fingerprint density at radius 3 is 2.50 bits per heavy atom. The van der Waals surface area contributed by atoms with E-state index in [1.165, 1.54) is 11.3 Å². The lowest BCUT2D eigenvalue weighted by molar-refractivity contribution is 0.572. The minimum absolute atomic E-state index is 0.0726. The van der Waals surface area contributed by atoms with Gasteiger partial charge in [0.2, 0.25) is 10.0 Å². The number of thiazole rings is 1. The van der Waals surface area contributed by atoms with E-state index in [9.17, 15) is 8.42 Å². The number of nitrogens with zero attached hydrogens (tertiary/aromatic N) is 1. The van der Waals surface area contributed by atoms with E-state index in [0.717, 1.165) is 5.69 Å². The highest BCUT2D eigenvalue weighted by Crippen LogP contribution is 2.27. The van der Waals surface area contributed by atoms with Crippen molar-refractivity contribution in [3.63, 3.8) is 0 Å². The molecule has 1 heterocycles. The first-order chi connectivity index (χ1) is 8.16. The molecule has 0 saturated carbocycles. The first-order valence-corrected chi connectivity index (χ1v) is 8.21. The predicted molar refractivity (Wildman–Crippen MR) is 76.7 cm³/mol. The van der Waals surface area contributed by atoms with Gasteiger partial charge >= 0.3 is 0 Å². The summed E-state index contributed by atoms with van der Waals surface area (Å²) in [7, 11) is -1.64. The van der Waals surface area contributed by atoms with Gasteiger partial charge in [-0.15, -0.1) is 11.3 Å². The summed E-state index contributed by atoms with van der Waals surface area (Å²) >= 11 is 1.32. The Hall–Kier alpha value is -0.660. The van der Waals surface area contributed by atoms with E-state index in [1.807, 2.05) is 26.2 Å². The fraction of sp³-hybridized carbons (Fsp3) is 0.727. The van der Waals surface area contributed by atoms with Gasteiger partial charge in [0.15, 0.2) is 5.13 Å². The van der Waals surface area contributed by atoms with Crippen molar-refractivity contribution in [3.05, 3.63) is 11.1 Å². The molecule has 0 radical (unpaired) electrons. The van der Waals surface area contributed by atoms with Crippen LogP contribution in [0.25, 0.3) is 0 Å². The Kier molecular flexibility index (Phi) is 4.74. The number of nitrogens with one attached hydrogen (secondary N) is 2. The van der Waals surface area contributed by atoms with Crippen molar-refractivity contribution in [3.8, 4) is 0 Å². The minimum Gasteiger partial charge on any atom is -0.318 e. The summed E-state index contributed by atoms with van der Waals surface area (Å²) < 4.78 is 26.5. The number of anilines is 1. The first-order valence-electron chi connectivity index (χ1n) is 5.79. The average molecular weight is 291 g/mol. The van der Waals surface area contributed by atoms with Gasteiger partial charge in [0.25, 0.3) is 0 Å². The summed E-state index contributed by atoms with van der Waals surface area (Å²) in [5, 5.41) is 4.68. The molecule has 5 nitrogen and oxygen atoms in total. The van der Waals surface area contributed by atoms with Crippen LogP contribution in [0.3, 0.4) is 0 Å². The molecule has 1 rings (SSSR count). The number of sulfonamides is 1. The van der Waals surface area contributed by atoms with Crippen LogP contribution in [-0.4, -0.2) is 32.2 Å². The average Bonchev–Trinajstić information content (AvgIpc) is 2.65. The molecule has 2 N–H and O–H groups in total. The maximum atomic E-state index is 12.0. The molecule has 0 aliphatic heterocycles. The van der Waals surface area contributed by atoms with Gasteiger partial charge in [0.1, 0.15) is 0 Å². The Labute approximate surface area is 113 Å². The van der Waals surface area contributed by atoms with Crippen molar-refractivity contribution in [2.24, 2.45) is 0 Å². The number of hydrogen-bond donors (Lipinski definition) is 2. The van der Waals surface area contributed by atoms with E-state index in [-0.39, 0.29) is 5.41 Å². The number of hydrogen-bond acceptors (Lipinski definition) is 5. The van der Waals surface area contributed by atoms with Gasteiger partial charge in [-0.3, -0.25) is 4.72 Å². The Bertz CT molecular complexity index is 489. The topological polar surface area (TPSA) is 71.1 Å². The summed E-state index contributed by atoms with van der Waals surface area (Å²) in [5.41, 5.74) is 0.822. The molecule has 1 aromatic heterocycles. The van der Waals surface area contributed by atoms with Gasteiger partial charge in [0.05, 0.1) is 10.9 Å². The maximum Gasteiger partial charge on any atom is 0.238 e. The van der Waals surface area contributed by atoms with Crippen LogP contribution in [-0.2, 0) is 15.4 Å². The molecule has 18 heavy (non-hydrogen) atoms. The molecule has 0 aromatic carbocycles. The summed E-state index contributed by atoms with van der Waals surface area (Å²) in [6.07, 6.45) is 0. The fourth-order valence-electron chi connectivity index (χ4n) is 1.28. The van der Waals surface area contributed by atoms with Crippen LogP contribution in [0.1, 0.15) is 33.4 Å². The van der Waals surface area contributed by atoms with Gasteiger partial charge in [-0.25, -0.2) is 13.4 Å². The molecule has 0 bridgehead atoms. The molecular formula is C11H21N3O2S2. The lowest BCUT2D eigenvalue weighted by Crippen LogP contribution is -2.33. The van der Waals surface area contributed by atoms with Crippen molar-refractivity contribution in [2.75, 3.05) is 18.3 Å². The molecule has 0 aliphatic rings. The van der Waals surface area contributed by atoms with Crippen LogP contribution in [0, 0.1) is 0 Å². The quantitative estimate of drug-likeness (QED) is 0.867. The molecule has 1 unspecified atom stereocenters. The van der Waals surface area contributed by atoms with Gasteiger partial charge in [-0.05, 0) is 14.0 Å². The second kappa shape index (κ2) is 5.54. The molecule has 1 aromatic rings. The Morgan fingerprint density at radius 2 is 2.06 bits per heavy atom. The van der Waals surface area contributed by atoms with Crippen molar-refractivity contribution < 1.29 is 8.42 Å². The van der Waals surface area contributed by atoms with E-state index in [1.54, 1.807) is 14.0 Å². The van der Waals surface area contributed by atoms with E-state index < -0.39 is 15.3 Å². The second-order valence-corrected chi connectivity index (χ2v) is 8.26. The van der Waals surface area contributed by atoms with E-state index in [2.05, 4.69) is 15.0 Å². The molecule has 0 fully saturated rings. The smallest absolute Gasteiger partial charge is 0.238 e. The van der Waals surface area contributed by atoms with Crippen molar-refractivity contribution in [1.82, 2.24) is 10.3 Å². The monoisotopic (exact) mass is 291 g/mol. The molecular weight excluding hydrogens is 270 g/mol. The van der Waals surface area contributed by atoms with Crippen LogP contribution in [0.2, 0.25) is 0 Å². The molecule has 104 valence electrons. The van der Waals surface area contributed by atoms with Crippen molar-refractivity contribution in [2.45, 2.75) is 38.4 Å². The summed E-state index contributed by atoms with van der Waals surface area (Å²) in [4.78, 5) is 4.32. The lowest BCUT2D eigenvalue weighted by atomic mass is 9.93.